The number of carboxylic acids is 1. The molecule has 0 saturated carbocycles. The van der Waals surface area contributed by atoms with E-state index in [1.807, 2.05) is 13.8 Å². The maximum atomic E-state index is 12.0. The maximum Gasteiger partial charge on any atom is 0.321 e. The zero-order valence-electron chi connectivity index (χ0n) is 10.5. The molecular weight excluding hydrogens is 274 g/mol. The SMILES string of the molecule is Cc1ccc(S(=O)(=O)N[C@@H](CC(C)C)C(=O)O)s1. The highest BCUT2D eigenvalue weighted by Crippen LogP contribution is 2.21. The van der Waals surface area contributed by atoms with E-state index in [0.717, 1.165) is 16.2 Å². The molecule has 0 aliphatic rings. The fourth-order valence-corrected chi connectivity index (χ4v) is 3.97. The predicted molar refractivity (Wildman–Crippen MR) is 70.3 cm³/mol. The maximum absolute atomic E-state index is 12.0. The van der Waals surface area contributed by atoms with Crippen molar-refractivity contribution in [1.82, 2.24) is 4.72 Å². The van der Waals surface area contributed by atoms with Gasteiger partial charge < -0.3 is 5.11 Å². The zero-order chi connectivity index (χ0) is 13.9. The Morgan fingerprint density at radius 2 is 2.06 bits per heavy atom. The van der Waals surface area contributed by atoms with Gasteiger partial charge in [-0.2, -0.15) is 4.72 Å². The molecule has 0 amide bonds. The predicted octanol–water partition coefficient (Wildman–Crippen LogP) is 1.83. The van der Waals surface area contributed by atoms with Crippen LogP contribution in [-0.2, 0) is 14.8 Å². The van der Waals surface area contributed by atoms with Crippen molar-refractivity contribution in [2.45, 2.75) is 37.4 Å². The van der Waals surface area contributed by atoms with Gasteiger partial charge in [0.25, 0.3) is 10.0 Å². The average molecular weight is 291 g/mol. The first kappa shape index (κ1) is 15.1. The van der Waals surface area contributed by atoms with Crippen LogP contribution in [0, 0.1) is 12.8 Å². The fourth-order valence-electron chi connectivity index (χ4n) is 1.47. The van der Waals surface area contributed by atoms with Gasteiger partial charge in [-0.05, 0) is 31.4 Å². The van der Waals surface area contributed by atoms with Crippen molar-refractivity contribution >= 4 is 27.3 Å². The molecule has 1 rings (SSSR count). The van der Waals surface area contributed by atoms with Gasteiger partial charge in [0, 0.05) is 4.88 Å². The Morgan fingerprint density at radius 3 is 2.44 bits per heavy atom. The lowest BCUT2D eigenvalue weighted by molar-refractivity contribution is -0.139. The average Bonchev–Trinajstić information content (AvgIpc) is 2.63. The molecule has 5 nitrogen and oxygen atoms in total. The van der Waals surface area contributed by atoms with E-state index in [1.165, 1.54) is 6.07 Å². The number of aryl methyl sites for hydroxylation is 1. The highest BCUT2D eigenvalue weighted by Gasteiger charge is 2.26. The molecule has 0 fully saturated rings. The van der Waals surface area contributed by atoms with Crippen LogP contribution in [0.25, 0.3) is 0 Å². The number of hydrogen-bond acceptors (Lipinski definition) is 4. The second-order valence-electron chi connectivity index (χ2n) is 4.51. The summed E-state index contributed by atoms with van der Waals surface area (Å²) in [4.78, 5) is 11.9. The van der Waals surface area contributed by atoms with Gasteiger partial charge in [-0.15, -0.1) is 11.3 Å². The molecule has 1 heterocycles. The molecule has 18 heavy (non-hydrogen) atoms. The van der Waals surface area contributed by atoms with Crippen LogP contribution in [-0.4, -0.2) is 25.5 Å². The normalized spacial score (nSPS) is 13.8. The summed E-state index contributed by atoms with van der Waals surface area (Å²) in [6.07, 6.45) is 0.263. The summed E-state index contributed by atoms with van der Waals surface area (Å²) in [5.41, 5.74) is 0. The van der Waals surface area contributed by atoms with Crippen molar-refractivity contribution in [3.05, 3.63) is 17.0 Å². The van der Waals surface area contributed by atoms with Crippen LogP contribution in [0.4, 0.5) is 0 Å². The van der Waals surface area contributed by atoms with E-state index in [4.69, 9.17) is 5.11 Å². The third kappa shape index (κ3) is 4.08. The van der Waals surface area contributed by atoms with Crippen molar-refractivity contribution < 1.29 is 18.3 Å². The number of nitrogens with one attached hydrogen (secondary N) is 1. The Kier molecular flexibility index (Phi) is 4.89. The first-order valence-corrected chi connectivity index (χ1v) is 7.84. The first-order valence-electron chi connectivity index (χ1n) is 5.54. The molecule has 7 heteroatoms. The largest absolute Gasteiger partial charge is 0.480 e. The van der Waals surface area contributed by atoms with Crippen LogP contribution < -0.4 is 4.72 Å². The molecular formula is C11H17NO4S2. The number of sulfonamides is 1. The Hall–Kier alpha value is -0.920. The second kappa shape index (κ2) is 5.81. The Labute approximate surface area is 111 Å². The van der Waals surface area contributed by atoms with Crippen molar-refractivity contribution in [3.8, 4) is 0 Å². The summed E-state index contributed by atoms with van der Waals surface area (Å²) >= 11 is 1.12. The van der Waals surface area contributed by atoms with Crippen molar-refractivity contribution in [2.75, 3.05) is 0 Å². The van der Waals surface area contributed by atoms with E-state index in [1.54, 1.807) is 13.0 Å². The molecule has 0 bridgehead atoms. The molecule has 102 valence electrons. The minimum absolute atomic E-state index is 0.0962. The zero-order valence-corrected chi connectivity index (χ0v) is 12.1. The number of thiophene rings is 1. The third-order valence-corrected chi connectivity index (χ3v) is 5.25. The van der Waals surface area contributed by atoms with Gasteiger partial charge >= 0.3 is 5.97 Å². The van der Waals surface area contributed by atoms with Gasteiger partial charge in [0.2, 0.25) is 0 Å². The van der Waals surface area contributed by atoms with E-state index in [9.17, 15) is 13.2 Å². The summed E-state index contributed by atoms with van der Waals surface area (Å²) in [5, 5.41) is 9.01. The van der Waals surface area contributed by atoms with Crippen molar-refractivity contribution in [2.24, 2.45) is 5.92 Å². The summed E-state index contributed by atoms with van der Waals surface area (Å²) in [7, 11) is -3.74. The smallest absolute Gasteiger partial charge is 0.321 e. The lowest BCUT2D eigenvalue weighted by Gasteiger charge is -2.15. The fraction of sp³-hybridized carbons (Fsp3) is 0.545. The molecule has 1 aromatic rings. The summed E-state index contributed by atoms with van der Waals surface area (Å²) in [5.74, 6) is -1.06. The van der Waals surface area contributed by atoms with Crippen LogP contribution in [0.1, 0.15) is 25.1 Å². The minimum atomic E-state index is -3.74. The monoisotopic (exact) mass is 291 g/mol. The van der Waals surface area contributed by atoms with E-state index in [2.05, 4.69) is 4.72 Å². The minimum Gasteiger partial charge on any atom is -0.480 e. The molecule has 1 atom stereocenters. The Balaban J connectivity index is 2.89. The van der Waals surface area contributed by atoms with Crippen LogP contribution in [0.15, 0.2) is 16.3 Å². The lowest BCUT2D eigenvalue weighted by atomic mass is 10.1. The topological polar surface area (TPSA) is 83.5 Å². The molecule has 1 aromatic heterocycles. The summed E-state index contributed by atoms with van der Waals surface area (Å²) < 4.78 is 26.3. The molecule has 0 aromatic carbocycles. The lowest BCUT2D eigenvalue weighted by Crippen LogP contribution is -2.41. The summed E-state index contributed by atoms with van der Waals surface area (Å²) in [6.45, 7) is 5.49. The highest BCUT2D eigenvalue weighted by molar-refractivity contribution is 7.91. The Morgan fingerprint density at radius 1 is 1.44 bits per heavy atom. The number of hydrogen-bond donors (Lipinski definition) is 2. The first-order chi connectivity index (χ1) is 8.22. The van der Waals surface area contributed by atoms with E-state index in [0.29, 0.717) is 0 Å². The second-order valence-corrected chi connectivity index (χ2v) is 7.74. The van der Waals surface area contributed by atoms with Crippen molar-refractivity contribution in [3.63, 3.8) is 0 Å². The summed E-state index contributed by atoms with van der Waals surface area (Å²) in [6, 6.07) is 2.09. The Bertz CT molecular complexity index is 519. The number of rotatable bonds is 6. The van der Waals surface area contributed by atoms with Crippen molar-refractivity contribution in [1.29, 1.82) is 0 Å². The quantitative estimate of drug-likeness (QED) is 0.837. The number of carboxylic acid groups (broad SMARTS) is 1. The third-order valence-electron chi connectivity index (χ3n) is 2.28. The highest BCUT2D eigenvalue weighted by atomic mass is 32.2. The van der Waals surface area contributed by atoms with Gasteiger partial charge in [-0.25, -0.2) is 8.42 Å². The number of aliphatic carboxylic acids is 1. The molecule has 0 spiro atoms. The van der Waals surface area contributed by atoms with Gasteiger partial charge in [0.15, 0.2) is 0 Å². The molecule has 0 saturated heterocycles. The van der Waals surface area contributed by atoms with Crippen LogP contribution >= 0.6 is 11.3 Å². The molecule has 0 unspecified atom stereocenters. The van der Waals surface area contributed by atoms with E-state index >= 15 is 0 Å². The van der Waals surface area contributed by atoms with Gasteiger partial charge in [0.1, 0.15) is 10.3 Å². The molecule has 2 N–H and O–H groups in total. The van der Waals surface area contributed by atoms with Crippen LogP contribution in [0.3, 0.4) is 0 Å². The molecule has 0 aliphatic heterocycles. The number of carbonyl (C=O) groups is 1. The van der Waals surface area contributed by atoms with E-state index in [-0.39, 0.29) is 16.5 Å². The van der Waals surface area contributed by atoms with E-state index < -0.39 is 22.0 Å². The molecule has 0 aliphatic carbocycles. The standard InChI is InChI=1S/C11H17NO4S2/c1-7(2)6-9(11(13)14)12-18(15,16)10-5-4-8(3)17-10/h4-5,7,9,12H,6H2,1-3H3,(H,13,14)/t9-/m0/s1. The van der Waals surface area contributed by atoms with Gasteiger partial charge in [-0.3, -0.25) is 4.79 Å². The molecule has 0 radical (unpaired) electrons. The van der Waals surface area contributed by atoms with Crippen LogP contribution in [0.5, 0.6) is 0 Å². The van der Waals surface area contributed by atoms with Gasteiger partial charge in [-0.1, -0.05) is 13.8 Å². The van der Waals surface area contributed by atoms with Crippen LogP contribution in [0.2, 0.25) is 0 Å². The van der Waals surface area contributed by atoms with Gasteiger partial charge in [0.05, 0.1) is 0 Å².